The number of anilines is 1. The van der Waals surface area contributed by atoms with E-state index >= 15 is 0 Å². The van der Waals surface area contributed by atoms with Crippen LogP contribution in [0.15, 0.2) is 82.6 Å². The summed E-state index contributed by atoms with van der Waals surface area (Å²) >= 11 is 0. The lowest BCUT2D eigenvalue weighted by Crippen LogP contribution is -2.37. The van der Waals surface area contributed by atoms with Crippen LogP contribution in [0.3, 0.4) is 0 Å². The zero-order valence-electron chi connectivity index (χ0n) is 17.2. The third-order valence-electron chi connectivity index (χ3n) is 5.11. The predicted octanol–water partition coefficient (Wildman–Crippen LogP) is 4.18. The van der Waals surface area contributed by atoms with Crippen LogP contribution in [0, 0.1) is 0 Å². The van der Waals surface area contributed by atoms with Crippen molar-refractivity contribution in [1.29, 1.82) is 0 Å². The Bertz CT molecular complexity index is 996. The first kappa shape index (κ1) is 19.8. The van der Waals surface area contributed by atoms with Crippen molar-refractivity contribution >= 4 is 17.3 Å². The number of amides is 1. The molecule has 0 radical (unpaired) electrons. The lowest BCUT2D eigenvalue weighted by atomic mass is 10.0. The highest BCUT2D eigenvalue weighted by Crippen LogP contribution is 2.21. The second-order valence-electron chi connectivity index (χ2n) is 7.56. The van der Waals surface area contributed by atoms with Gasteiger partial charge < -0.3 is 19.1 Å². The number of hydrogen-bond acceptors (Lipinski definition) is 5. The van der Waals surface area contributed by atoms with Crippen LogP contribution in [0.1, 0.15) is 28.1 Å². The van der Waals surface area contributed by atoms with Crippen molar-refractivity contribution in [1.82, 2.24) is 4.90 Å². The van der Waals surface area contributed by atoms with Crippen molar-refractivity contribution in [2.24, 2.45) is 5.16 Å². The van der Waals surface area contributed by atoms with Gasteiger partial charge in [0, 0.05) is 32.7 Å². The summed E-state index contributed by atoms with van der Waals surface area (Å²) in [6, 6.07) is 21.5. The van der Waals surface area contributed by atoms with E-state index in [1.165, 1.54) is 6.26 Å². The lowest BCUT2D eigenvalue weighted by molar-refractivity contribution is 0.0387. The molecule has 1 aliphatic rings. The van der Waals surface area contributed by atoms with Crippen molar-refractivity contribution in [2.75, 3.05) is 25.5 Å². The Balaban J connectivity index is 1.45. The Morgan fingerprint density at radius 1 is 1.03 bits per heavy atom. The van der Waals surface area contributed by atoms with E-state index < -0.39 is 0 Å². The minimum absolute atomic E-state index is 0.156. The van der Waals surface area contributed by atoms with Crippen molar-refractivity contribution in [3.63, 3.8) is 0 Å². The number of carbonyl (C=O) groups excluding carboxylic acids is 1. The summed E-state index contributed by atoms with van der Waals surface area (Å²) in [4.78, 5) is 22.5. The monoisotopic (exact) mass is 403 g/mol. The quantitative estimate of drug-likeness (QED) is 0.594. The van der Waals surface area contributed by atoms with Crippen LogP contribution in [0.4, 0.5) is 5.69 Å². The number of rotatable bonds is 7. The maximum absolute atomic E-state index is 13.0. The lowest BCUT2D eigenvalue weighted by Gasteiger charge is -2.24. The van der Waals surface area contributed by atoms with Crippen molar-refractivity contribution in [2.45, 2.75) is 19.1 Å². The third kappa shape index (κ3) is 4.54. The van der Waals surface area contributed by atoms with Gasteiger partial charge in [0.15, 0.2) is 11.9 Å². The molecule has 1 aromatic heterocycles. The second kappa shape index (κ2) is 8.86. The van der Waals surface area contributed by atoms with E-state index in [0.29, 0.717) is 25.3 Å². The molecule has 2 aromatic carbocycles. The highest BCUT2D eigenvalue weighted by molar-refractivity contribution is 6.01. The Morgan fingerprint density at radius 3 is 2.47 bits per heavy atom. The molecule has 1 unspecified atom stereocenters. The summed E-state index contributed by atoms with van der Waals surface area (Å²) in [6.45, 7) is 0.907. The third-order valence-corrected chi connectivity index (χ3v) is 5.11. The Hall–Kier alpha value is -3.54. The summed E-state index contributed by atoms with van der Waals surface area (Å²) < 4.78 is 5.33. The molecule has 0 saturated carbocycles. The first-order valence-corrected chi connectivity index (χ1v) is 9.97. The van der Waals surface area contributed by atoms with Gasteiger partial charge in [-0.15, -0.1) is 0 Å². The highest BCUT2D eigenvalue weighted by Gasteiger charge is 2.28. The summed E-state index contributed by atoms with van der Waals surface area (Å²) in [7, 11) is 4.02. The zero-order chi connectivity index (χ0) is 20.9. The fourth-order valence-electron chi connectivity index (χ4n) is 3.47. The highest BCUT2D eigenvalue weighted by atomic mass is 16.6. The minimum Gasteiger partial charge on any atom is -0.459 e. The molecule has 154 valence electrons. The Morgan fingerprint density at radius 2 is 1.80 bits per heavy atom. The Labute approximate surface area is 176 Å². The van der Waals surface area contributed by atoms with Gasteiger partial charge in [0.1, 0.15) is 0 Å². The molecule has 1 amide bonds. The zero-order valence-corrected chi connectivity index (χ0v) is 17.2. The molecule has 0 aliphatic carbocycles. The molecule has 30 heavy (non-hydrogen) atoms. The van der Waals surface area contributed by atoms with Crippen LogP contribution in [0.25, 0.3) is 0 Å². The molecular weight excluding hydrogens is 378 g/mol. The van der Waals surface area contributed by atoms with Gasteiger partial charge in [-0.25, -0.2) is 0 Å². The number of hydrogen-bond donors (Lipinski definition) is 0. The number of carbonyl (C=O) groups is 1. The van der Waals surface area contributed by atoms with Gasteiger partial charge in [0.2, 0.25) is 0 Å². The fourth-order valence-corrected chi connectivity index (χ4v) is 3.47. The molecule has 0 N–H and O–H groups in total. The van der Waals surface area contributed by atoms with E-state index in [0.717, 1.165) is 22.5 Å². The Kier molecular flexibility index (Phi) is 5.84. The van der Waals surface area contributed by atoms with E-state index in [2.05, 4.69) is 34.3 Å². The van der Waals surface area contributed by atoms with E-state index in [1.54, 1.807) is 17.0 Å². The van der Waals surface area contributed by atoms with E-state index in [-0.39, 0.29) is 12.0 Å². The summed E-state index contributed by atoms with van der Waals surface area (Å²) in [6.07, 6.45) is 1.97. The molecule has 4 rings (SSSR count). The van der Waals surface area contributed by atoms with Crippen LogP contribution in [-0.4, -0.2) is 43.3 Å². The summed E-state index contributed by atoms with van der Waals surface area (Å²) in [5.74, 6) is 0.167. The van der Waals surface area contributed by atoms with E-state index in [9.17, 15) is 4.79 Å². The molecule has 1 aliphatic heterocycles. The van der Waals surface area contributed by atoms with Gasteiger partial charge in [-0.3, -0.25) is 4.79 Å². The smallest absolute Gasteiger partial charge is 0.289 e. The minimum atomic E-state index is -0.198. The fraction of sp³-hybridized carbons (Fsp3) is 0.250. The molecule has 6 heteroatoms. The van der Waals surface area contributed by atoms with Crippen LogP contribution in [0.2, 0.25) is 0 Å². The van der Waals surface area contributed by atoms with Crippen LogP contribution in [0.5, 0.6) is 0 Å². The standard InChI is InChI=1S/C24H25N3O3/c1-26(2)20-12-10-19(11-13-20)22-15-21(30-25-22)17-27(16-18-7-4-3-5-8-18)24(28)23-9-6-14-29-23/h3-14,21H,15-17H2,1-2H3. The average Bonchev–Trinajstić information content (AvgIpc) is 3.46. The largest absolute Gasteiger partial charge is 0.459 e. The second-order valence-corrected chi connectivity index (χ2v) is 7.56. The van der Waals surface area contributed by atoms with Crippen molar-refractivity contribution in [3.8, 4) is 0 Å². The van der Waals surface area contributed by atoms with Gasteiger partial charge in [-0.05, 0) is 35.4 Å². The van der Waals surface area contributed by atoms with E-state index in [1.807, 2.05) is 44.4 Å². The van der Waals surface area contributed by atoms with Crippen LogP contribution >= 0.6 is 0 Å². The average molecular weight is 403 g/mol. The van der Waals surface area contributed by atoms with Gasteiger partial charge in [-0.2, -0.15) is 0 Å². The van der Waals surface area contributed by atoms with Crippen molar-refractivity contribution < 1.29 is 14.0 Å². The summed E-state index contributed by atoms with van der Waals surface area (Å²) in [5.41, 5.74) is 4.12. The van der Waals surface area contributed by atoms with Crippen molar-refractivity contribution in [3.05, 3.63) is 89.9 Å². The first-order valence-electron chi connectivity index (χ1n) is 9.97. The first-order chi connectivity index (χ1) is 14.6. The SMILES string of the molecule is CN(C)c1ccc(C2=NOC(CN(Cc3ccccc3)C(=O)c3ccco3)C2)cc1. The molecule has 1 atom stereocenters. The van der Waals surface area contributed by atoms with Crippen LogP contribution in [-0.2, 0) is 11.4 Å². The molecule has 0 fully saturated rings. The van der Waals surface area contributed by atoms with Gasteiger partial charge in [0.25, 0.3) is 5.91 Å². The summed E-state index contributed by atoms with van der Waals surface area (Å²) in [5, 5.41) is 4.29. The maximum atomic E-state index is 13.0. The topological polar surface area (TPSA) is 58.3 Å². The van der Waals surface area contributed by atoms with Gasteiger partial charge in [0.05, 0.1) is 18.5 Å². The molecule has 0 spiro atoms. The number of furan rings is 1. The predicted molar refractivity (Wildman–Crippen MR) is 117 cm³/mol. The van der Waals surface area contributed by atoms with E-state index in [4.69, 9.17) is 9.25 Å². The molecular formula is C24H25N3O3. The molecule has 0 saturated heterocycles. The molecule has 3 aromatic rings. The van der Waals surface area contributed by atoms with Gasteiger partial charge >= 0.3 is 0 Å². The van der Waals surface area contributed by atoms with Crippen LogP contribution < -0.4 is 4.90 Å². The normalized spacial score (nSPS) is 15.4. The number of nitrogens with zero attached hydrogens (tertiary/aromatic N) is 3. The maximum Gasteiger partial charge on any atom is 0.289 e. The molecule has 6 nitrogen and oxygen atoms in total. The molecule has 0 bridgehead atoms. The number of benzene rings is 2. The molecule has 2 heterocycles. The van der Waals surface area contributed by atoms with Gasteiger partial charge in [-0.1, -0.05) is 47.6 Å². The number of oxime groups is 1.